The first-order valence-electron chi connectivity index (χ1n) is 5.19. The van der Waals surface area contributed by atoms with Crippen LogP contribution in [0.3, 0.4) is 0 Å². The van der Waals surface area contributed by atoms with Gasteiger partial charge in [0.15, 0.2) is 5.78 Å². The third kappa shape index (κ3) is 3.72. The lowest BCUT2D eigenvalue weighted by molar-refractivity contribution is 0.104. The third-order valence-electron chi connectivity index (χ3n) is 2.29. The van der Waals surface area contributed by atoms with E-state index in [0.29, 0.717) is 0 Å². The van der Waals surface area contributed by atoms with Gasteiger partial charge in [-0.1, -0.05) is 74.2 Å². The van der Waals surface area contributed by atoms with Crippen LogP contribution in [-0.2, 0) is 0 Å². The van der Waals surface area contributed by atoms with Crippen molar-refractivity contribution in [2.24, 2.45) is 0 Å². The number of benzene rings is 2. The second-order valence-corrected chi connectivity index (χ2v) is 3.47. The molecule has 0 fully saturated rings. The Balaban J connectivity index is 0.00000144. The molecule has 86 valence electrons. The number of carbonyl (C=O) groups is 1. The SMILES string of the molecule is C.O=C(/C=C/c1ccccc1)c1ccccc1. The first-order valence-corrected chi connectivity index (χ1v) is 5.19. The fourth-order valence-corrected chi connectivity index (χ4v) is 1.43. The number of ketones is 1. The zero-order valence-corrected chi connectivity index (χ0v) is 8.84. The minimum absolute atomic E-state index is 0. The van der Waals surface area contributed by atoms with Gasteiger partial charge in [-0.05, 0) is 11.6 Å². The van der Waals surface area contributed by atoms with Gasteiger partial charge >= 0.3 is 0 Å². The van der Waals surface area contributed by atoms with E-state index in [1.807, 2.05) is 66.7 Å². The Morgan fingerprint density at radius 3 is 1.94 bits per heavy atom. The molecular weight excluding hydrogens is 208 g/mol. The summed E-state index contributed by atoms with van der Waals surface area (Å²) in [4.78, 5) is 11.7. The summed E-state index contributed by atoms with van der Waals surface area (Å²) in [6.07, 6.45) is 3.43. The second-order valence-electron chi connectivity index (χ2n) is 3.47. The smallest absolute Gasteiger partial charge is 0.185 e. The molecule has 0 aliphatic heterocycles. The first kappa shape index (κ1) is 12.9. The highest BCUT2D eigenvalue weighted by Crippen LogP contribution is 2.05. The molecule has 2 aromatic rings. The summed E-state index contributed by atoms with van der Waals surface area (Å²) >= 11 is 0. The van der Waals surface area contributed by atoms with Crippen molar-refractivity contribution < 1.29 is 4.79 Å². The monoisotopic (exact) mass is 224 g/mol. The van der Waals surface area contributed by atoms with Crippen molar-refractivity contribution in [3.63, 3.8) is 0 Å². The molecule has 2 rings (SSSR count). The topological polar surface area (TPSA) is 17.1 Å². The van der Waals surface area contributed by atoms with Crippen LogP contribution in [0.2, 0.25) is 0 Å². The van der Waals surface area contributed by atoms with E-state index < -0.39 is 0 Å². The fourth-order valence-electron chi connectivity index (χ4n) is 1.43. The van der Waals surface area contributed by atoms with Gasteiger partial charge in [-0.25, -0.2) is 0 Å². The van der Waals surface area contributed by atoms with Gasteiger partial charge in [0.25, 0.3) is 0 Å². The summed E-state index contributed by atoms with van der Waals surface area (Å²) in [5, 5.41) is 0. The molecule has 0 aliphatic rings. The average Bonchev–Trinajstić information content (AvgIpc) is 2.38. The maximum atomic E-state index is 11.7. The molecule has 0 saturated heterocycles. The van der Waals surface area contributed by atoms with Crippen molar-refractivity contribution >= 4 is 11.9 Å². The Hall–Kier alpha value is -2.15. The third-order valence-corrected chi connectivity index (χ3v) is 2.29. The highest BCUT2D eigenvalue weighted by molar-refractivity contribution is 6.06. The summed E-state index contributed by atoms with van der Waals surface area (Å²) in [6.45, 7) is 0. The first-order chi connectivity index (χ1) is 7.86. The minimum Gasteiger partial charge on any atom is -0.289 e. The molecule has 0 bridgehead atoms. The van der Waals surface area contributed by atoms with E-state index in [2.05, 4.69) is 0 Å². The fraction of sp³-hybridized carbons (Fsp3) is 0.0625. The van der Waals surface area contributed by atoms with Crippen molar-refractivity contribution in [1.82, 2.24) is 0 Å². The van der Waals surface area contributed by atoms with Gasteiger partial charge in [-0.3, -0.25) is 4.79 Å². The Labute approximate surface area is 102 Å². The number of carbonyl (C=O) groups excluding carboxylic acids is 1. The zero-order chi connectivity index (χ0) is 11.2. The number of rotatable bonds is 3. The molecule has 0 amide bonds. The maximum Gasteiger partial charge on any atom is 0.185 e. The van der Waals surface area contributed by atoms with Crippen LogP contribution in [-0.4, -0.2) is 5.78 Å². The summed E-state index contributed by atoms with van der Waals surface area (Å²) in [6, 6.07) is 19.1. The molecule has 0 radical (unpaired) electrons. The molecule has 1 heteroatoms. The molecule has 0 N–H and O–H groups in total. The normalized spacial score (nSPS) is 9.88. The molecule has 0 atom stereocenters. The van der Waals surface area contributed by atoms with E-state index in [1.165, 1.54) is 0 Å². The summed E-state index contributed by atoms with van der Waals surface area (Å²) in [5.74, 6) is 0.0319. The van der Waals surface area contributed by atoms with E-state index in [9.17, 15) is 4.79 Å². The van der Waals surface area contributed by atoms with Crippen molar-refractivity contribution in [3.05, 3.63) is 77.9 Å². The molecule has 0 aromatic heterocycles. The molecule has 2 aromatic carbocycles. The van der Waals surface area contributed by atoms with Crippen LogP contribution >= 0.6 is 0 Å². The lowest BCUT2D eigenvalue weighted by atomic mass is 10.1. The molecule has 0 heterocycles. The predicted octanol–water partition coefficient (Wildman–Crippen LogP) is 4.22. The summed E-state index contributed by atoms with van der Waals surface area (Å²) < 4.78 is 0. The highest BCUT2D eigenvalue weighted by Gasteiger charge is 1.98. The molecule has 0 unspecified atom stereocenters. The quantitative estimate of drug-likeness (QED) is 0.563. The van der Waals surface area contributed by atoms with Crippen molar-refractivity contribution in [2.45, 2.75) is 7.43 Å². The molecule has 1 nitrogen and oxygen atoms in total. The summed E-state index contributed by atoms with van der Waals surface area (Å²) in [7, 11) is 0. The zero-order valence-electron chi connectivity index (χ0n) is 8.84. The van der Waals surface area contributed by atoms with Crippen LogP contribution in [0.15, 0.2) is 66.7 Å². The second kappa shape index (κ2) is 6.44. The minimum atomic E-state index is 0. The van der Waals surface area contributed by atoms with E-state index in [-0.39, 0.29) is 13.2 Å². The molecular formula is C16H16O. The summed E-state index contributed by atoms with van der Waals surface area (Å²) in [5.41, 5.74) is 1.75. The van der Waals surface area contributed by atoms with Gasteiger partial charge in [0, 0.05) is 5.56 Å². The Bertz CT molecular complexity index is 483. The highest BCUT2D eigenvalue weighted by atomic mass is 16.1. The van der Waals surface area contributed by atoms with Crippen LogP contribution in [0.1, 0.15) is 23.3 Å². The lowest BCUT2D eigenvalue weighted by Gasteiger charge is -1.94. The standard InChI is InChI=1S/C15H12O.CH4/c16-15(14-9-5-2-6-10-14)12-11-13-7-3-1-4-8-13;/h1-12H;1H4/b12-11+;. The van der Waals surface area contributed by atoms with Crippen molar-refractivity contribution in [1.29, 1.82) is 0 Å². The van der Waals surface area contributed by atoms with E-state index >= 15 is 0 Å². The van der Waals surface area contributed by atoms with Gasteiger partial charge in [-0.2, -0.15) is 0 Å². The van der Waals surface area contributed by atoms with Crippen molar-refractivity contribution in [3.8, 4) is 0 Å². The van der Waals surface area contributed by atoms with Crippen LogP contribution in [0.25, 0.3) is 6.08 Å². The maximum absolute atomic E-state index is 11.7. The van der Waals surface area contributed by atoms with Crippen LogP contribution < -0.4 is 0 Å². The van der Waals surface area contributed by atoms with Gasteiger partial charge < -0.3 is 0 Å². The Morgan fingerprint density at radius 1 is 0.824 bits per heavy atom. The lowest BCUT2D eigenvalue weighted by Crippen LogP contribution is -1.92. The molecule has 17 heavy (non-hydrogen) atoms. The van der Waals surface area contributed by atoms with E-state index in [0.717, 1.165) is 11.1 Å². The van der Waals surface area contributed by atoms with Gasteiger partial charge in [0.2, 0.25) is 0 Å². The predicted molar refractivity (Wildman–Crippen MR) is 73.0 cm³/mol. The molecule has 0 aliphatic carbocycles. The van der Waals surface area contributed by atoms with Gasteiger partial charge in [0.1, 0.15) is 0 Å². The van der Waals surface area contributed by atoms with Crippen LogP contribution in [0, 0.1) is 0 Å². The number of hydrogen-bond acceptors (Lipinski definition) is 1. The van der Waals surface area contributed by atoms with Gasteiger partial charge in [-0.15, -0.1) is 0 Å². The Kier molecular flexibility index (Phi) is 4.89. The number of allylic oxidation sites excluding steroid dienone is 1. The number of hydrogen-bond donors (Lipinski definition) is 0. The van der Waals surface area contributed by atoms with E-state index in [1.54, 1.807) is 6.08 Å². The average molecular weight is 224 g/mol. The molecule has 0 saturated carbocycles. The van der Waals surface area contributed by atoms with Gasteiger partial charge in [0.05, 0.1) is 0 Å². The van der Waals surface area contributed by atoms with Crippen LogP contribution in [0.4, 0.5) is 0 Å². The van der Waals surface area contributed by atoms with Crippen LogP contribution in [0.5, 0.6) is 0 Å². The molecule has 0 spiro atoms. The largest absolute Gasteiger partial charge is 0.289 e. The van der Waals surface area contributed by atoms with Crippen molar-refractivity contribution in [2.75, 3.05) is 0 Å². The Morgan fingerprint density at radius 2 is 1.35 bits per heavy atom. The van der Waals surface area contributed by atoms with E-state index in [4.69, 9.17) is 0 Å².